The van der Waals surface area contributed by atoms with E-state index in [1.165, 1.54) is 30.3 Å². The fourth-order valence-electron chi connectivity index (χ4n) is 1.83. The van der Waals surface area contributed by atoms with Gasteiger partial charge in [0.2, 0.25) is 0 Å². The van der Waals surface area contributed by atoms with Gasteiger partial charge in [0.1, 0.15) is 6.54 Å². The number of carbonyl (C=O) groups excluding carboxylic acids is 1. The molecule has 0 fully saturated rings. The van der Waals surface area contributed by atoms with E-state index >= 15 is 0 Å². The lowest BCUT2D eigenvalue weighted by molar-refractivity contribution is -0.123. The molecule has 10 heteroatoms. The number of halogens is 4. The number of amides is 1. The standard InChI is InChI=1S/C15H12ClF3N2O3S/c16-12-6-1-2-7-13(12)21-25(23,24)11-5-3-4-10(8-11)14(22)20-9-15(17,18)19/h1-8,21H,9H2,(H,20,22). The van der Waals surface area contributed by atoms with Gasteiger partial charge in [0, 0.05) is 5.56 Å². The highest BCUT2D eigenvalue weighted by molar-refractivity contribution is 7.92. The number of rotatable bonds is 5. The highest BCUT2D eigenvalue weighted by atomic mass is 35.5. The van der Waals surface area contributed by atoms with Crippen molar-refractivity contribution < 1.29 is 26.4 Å². The van der Waals surface area contributed by atoms with Gasteiger partial charge in [-0.05, 0) is 30.3 Å². The minimum atomic E-state index is -4.56. The lowest BCUT2D eigenvalue weighted by Gasteiger charge is -2.11. The van der Waals surface area contributed by atoms with Crippen LogP contribution in [0, 0.1) is 0 Å². The fraction of sp³-hybridized carbons (Fsp3) is 0.133. The average molecular weight is 393 g/mol. The Balaban J connectivity index is 2.22. The summed E-state index contributed by atoms with van der Waals surface area (Å²) in [6.07, 6.45) is -4.56. The van der Waals surface area contributed by atoms with Crippen LogP contribution in [0.5, 0.6) is 0 Å². The Kier molecular flexibility index (Phi) is 5.58. The van der Waals surface area contributed by atoms with Crippen LogP contribution in [-0.2, 0) is 10.0 Å². The van der Waals surface area contributed by atoms with Crippen molar-refractivity contribution in [2.24, 2.45) is 0 Å². The van der Waals surface area contributed by atoms with E-state index in [9.17, 15) is 26.4 Å². The van der Waals surface area contributed by atoms with E-state index in [4.69, 9.17) is 11.6 Å². The minimum Gasteiger partial charge on any atom is -0.343 e. The van der Waals surface area contributed by atoms with Gasteiger partial charge in [-0.3, -0.25) is 9.52 Å². The van der Waals surface area contributed by atoms with Gasteiger partial charge < -0.3 is 5.32 Å². The molecule has 0 radical (unpaired) electrons. The molecule has 5 nitrogen and oxygen atoms in total. The molecule has 0 atom stereocenters. The molecule has 0 bridgehead atoms. The van der Waals surface area contributed by atoms with Crippen molar-refractivity contribution >= 4 is 33.2 Å². The fourth-order valence-corrected chi connectivity index (χ4v) is 3.20. The normalized spacial score (nSPS) is 11.8. The molecule has 0 saturated carbocycles. The van der Waals surface area contributed by atoms with E-state index in [0.29, 0.717) is 0 Å². The van der Waals surface area contributed by atoms with E-state index < -0.39 is 28.7 Å². The summed E-state index contributed by atoms with van der Waals surface area (Å²) in [6, 6.07) is 10.8. The van der Waals surface area contributed by atoms with Gasteiger partial charge in [0.05, 0.1) is 15.6 Å². The molecule has 2 rings (SSSR count). The second kappa shape index (κ2) is 7.32. The van der Waals surface area contributed by atoms with Gasteiger partial charge in [-0.2, -0.15) is 13.2 Å². The molecular formula is C15H12ClF3N2O3S. The van der Waals surface area contributed by atoms with Gasteiger partial charge in [-0.1, -0.05) is 29.8 Å². The molecule has 2 aromatic rings. The number of sulfonamides is 1. The lowest BCUT2D eigenvalue weighted by Crippen LogP contribution is -2.33. The van der Waals surface area contributed by atoms with Crippen LogP contribution in [0.25, 0.3) is 0 Å². The smallest absolute Gasteiger partial charge is 0.343 e. The molecule has 0 aliphatic carbocycles. The summed E-state index contributed by atoms with van der Waals surface area (Å²) in [5.41, 5.74) is -0.0811. The zero-order valence-corrected chi connectivity index (χ0v) is 14.0. The lowest BCUT2D eigenvalue weighted by atomic mass is 10.2. The van der Waals surface area contributed by atoms with Crippen molar-refractivity contribution in [3.05, 3.63) is 59.1 Å². The Morgan fingerprint density at radius 3 is 2.40 bits per heavy atom. The zero-order valence-electron chi connectivity index (χ0n) is 12.5. The summed E-state index contributed by atoms with van der Waals surface area (Å²) < 4.78 is 63.4. The zero-order chi connectivity index (χ0) is 18.7. The van der Waals surface area contributed by atoms with Gasteiger partial charge in [0.15, 0.2) is 0 Å². The predicted octanol–water partition coefficient (Wildman–Crippen LogP) is 3.43. The van der Waals surface area contributed by atoms with Crippen molar-refractivity contribution in [3.63, 3.8) is 0 Å². The quantitative estimate of drug-likeness (QED) is 0.818. The van der Waals surface area contributed by atoms with Crippen LogP contribution in [0.3, 0.4) is 0 Å². The highest BCUT2D eigenvalue weighted by Crippen LogP contribution is 2.24. The molecule has 0 unspecified atom stereocenters. The summed E-state index contributed by atoms with van der Waals surface area (Å²) in [5, 5.41) is 1.85. The Morgan fingerprint density at radius 2 is 1.76 bits per heavy atom. The van der Waals surface area contributed by atoms with Gasteiger partial charge in [-0.15, -0.1) is 0 Å². The van der Waals surface area contributed by atoms with Crippen LogP contribution in [0.2, 0.25) is 5.02 Å². The molecule has 0 heterocycles. The molecule has 2 N–H and O–H groups in total. The van der Waals surface area contributed by atoms with Crippen molar-refractivity contribution in [1.82, 2.24) is 5.32 Å². The number of alkyl halides is 3. The third kappa shape index (κ3) is 5.36. The molecule has 2 aromatic carbocycles. The van der Waals surface area contributed by atoms with E-state index in [1.807, 2.05) is 0 Å². The second-order valence-corrected chi connectivity index (χ2v) is 7.00. The van der Waals surface area contributed by atoms with Crippen molar-refractivity contribution in [1.29, 1.82) is 0 Å². The topological polar surface area (TPSA) is 75.3 Å². The number of hydrogen-bond donors (Lipinski definition) is 2. The molecule has 1 amide bonds. The van der Waals surface area contributed by atoms with Gasteiger partial charge in [0.25, 0.3) is 15.9 Å². The maximum Gasteiger partial charge on any atom is 0.405 e. The number of benzene rings is 2. The van der Waals surface area contributed by atoms with E-state index in [1.54, 1.807) is 17.4 Å². The first-order valence-corrected chi connectivity index (χ1v) is 8.67. The Morgan fingerprint density at radius 1 is 1.08 bits per heavy atom. The first-order chi connectivity index (χ1) is 11.6. The minimum absolute atomic E-state index is 0.135. The maximum absolute atomic E-state index is 12.4. The van der Waals surface area contributed by atoms with Crippen molar-refractivity contribution in [2.45, 2.75) is 11.1 Å². The number of para-hydroxylation sites is 1. The predicted molar refractivity (Wildman–Crippen MR) is 87.1 cm³/mol. The average Bonchev–Trinajstić information content (AvgIpc) is 2.54. The molecule has 0 spiro atoms. The monoisotopic (exact) mass is 392 g/mol. The van der Waals surface area contributed by atoms with E-state index in [-0.39, 0.29) is 21.2 Å². The summed E-state index contributed by atoms with van der Waals surface area (Å²) in [6.45, 7) is -1.51. The maximum atomic E-state index is 12.4. The summed E-state index contributed by atoms with van der Waals surface area (Å²) in [7, 11) is -4.07. The highest BCUT2D eigenvalue weighted by Gasteiger charge is 2.28. The Bertz CT molecular complexity index is 886. The van der Waals surface area contributed by atoms with Crippen molar-refractivity contribution in [3.8, 4) is 0 Å². The number of hydrogen-bond acceptors (Lipinski definition) is 3. The first-order valence-electron chi connectivity index (χ1n) is 6.81. The van der Waals surface area contributed by atoms with Crippen LogP contribution in [0.1, 0.15) is 10.4 Å². The second-order valence-electron chi connectivity index (χ2n) is 4.91. The van der Waals surface area contributed by atoms with Crippen LogP contribution in [-0.4, -0.2) is 27.0 Å². The molecular weight excluding hydrogens is 381 g/mol. The Labute approximate surface area is 146 Å². The van der Waals surface area contributed by atoms with Crippen molar-refractivity contribution in [2.75, 3.05) is 11.3 Å². The number of nitrogens with one attached hydrogen (secondary N) is 2. The molecule has 134 valence electrons. The molecule has 25 heavy (non-hydrogen) atoms. The number of carbonyl (C=O) groups is 1. The van der Waals surface area contributed by atoms with Crippen LogP contribution >= 0.6 is 11.6 Å². The summed E-state index contributed by atoms with van der Waals surface area (Å²) in [5.74, 6) is -1.04. The SMILES string of the molecule is O=C(NCC(F)(F)F)c1cccc(S(=O)(=O)Nc2ccccc2Cl)c1. The first kappa shape index (κ1) is 19.1. The van der Waals surface area contributed by atoms with Gasteiger partial charge >= 0.3 is 6.18 Å². The molecule has 0 aliphatic heterocycles. The van der Waals surface area contributed by atoms with Crippen LogP contribution in [0.15, 0.2) is 53.4 Å². The molecule has 0 aliphatic rings. The summed E-state index contributed by atoms with van der Waals surface area (Å²) >= 11 is 5.89. The third-order valence-electron chi connectivity index (χ3n) is 2.97. The van der Waals surface area contributed by atoms with E-state index in [0.717, 1.165) is 6.07 Å². The third-order valence-corrected chi connectivity index (χ3v) is 4.67. The number of anilines is 1. The van der Waals surface area contributed by atoms with Crippen LogP contribution in [0.4, 0.5) is 18.9 Å². The molecule has 0 aromatic heterocycles. The summed E-state index contributed by atoms with van der Waals surface area (Å²) in [4.78, 5) is 11.5. The molecule has 0 saturated heterocycles. The van der Waals surface area contributed by atoms with Crippen LogP contribution < -0.4 is 10.0 Å². The van der Waals surface area contributed by atoms with Gasteiger partial charge in [-0.25, -0.2) is 8.42 Å². The Hall–Kier alpha value is -2.26. The largest absolute Gasteiger partial charge is 0.405 e. The van der Waals surface area contributed by atoms with E-state index in [2.05, 4.69) is 4.72 Å².